The Bertz CT molecular complexity index is 723. The van der Waals surface area contributed by atoms with E-state index in [0.717, 1.165) is 15.6 Å². The number of methoxy groups -OCH3 is 3. The summed E-state index contributed by atoms with van der Waals surface area (Å²) in [6, 6.07) is 3.79. The second kappa shape index (κ2) is 7.78. The first-order valence-corrected chi connectivity index (χ1v) is 7.91. The van der Waals surface area contributed by atoms with Gasteiger partial charge in [-0.05, 0) is 42.5 Å². The van der Waals surface area contributed by atoms with Crippen LogP contribution in [-0.2, 0) is 6.54 Å². The SMILES string of the molecule is C=CC[n+]1nc(C)sc1C=Cc1ccc(OC)c(OC)c1OC. The highest BCUT2D eigenvalue weighted by molar-refractivity contribution is 7.11. The average molecular weight is 333 g/mol. The van der Waals surface area contributed by atoms with E-state index in [1.165, 1.54) is 0 Å². The summed E-state index contributed by atoms with van der Waals surface area (Å²) >= 11 is 1.63. The van der Waals surface area contributed by atoms with E-state index in [-0.39, 0.29) is 0 Å². The van der Waals surface area contributed by atoms with Crippen molar-refractivity contribution in [1.82, 2.24) is 5.10 Å². The number of hydrogen-bond donors (Lipinski definition) is 0. The lowest BCUT2D eigenvalue weighted by atomic mass is 10.1. The van der Waals surface area contributed by atoms with E-state index in [1.54, 1.807) is 32.7 Å². The molecule has 0 spiro atoms. The Hall–Kier alpha value is -2.34. The molecule has 0 aliphatic heterocycles. The monoisotopic (exact) mass is 333 g/mol. The van der Waals surface area contributed by atoms with E-state index in [2.05, 4.69) is 11.7 Å². The Kier molecular flexibility index (Phi) is 5.76. The van der Waals surface area contributed by atoms with E-state index in [0.29, 0.717) is 23.8 Å². The summed E-state index contributed by atoms with van der Waals surface area (Å²) in [6.07, 6.45) is 5.82. The first-order valence-electron chi connectivity index (χ1n) is 7.10. The van der Waals surface area contributed by atoms with Crippen LogP contribution in [0.2, 0.25) is 0 Å². The molecule has 0 bridgehead atoms. The summed E-state index contributed by atoms with van der Waals surface area (Å²) < 4.78 is 18.1. The van der Waals surface area contributed by atoms with E-state index < -0.39 is 0 Å². The van der Waals surface area contributed by atoms with Crippen molar-refractivity contribution < 1.29 is 18.9 Å². The van der Waals surface area contributed by atoms with Gasteiger partial charge in [-0.3, -0.25) is 0 Å². The van der Waals surface area contributed by atoms with E-state index in [1.807, 2.05) is 42.0 Å². The summed E-state index contributed by atoms with van der Waals surface area (Å²) in [5.41, 5.74) is 0.904. The van der Waals surface area contributed by atoms with Crippen molar-refractivity contribution in [3.8, 4) is 17.2 Å². The van der Waals surface area contributed by atoms with E-state index in [4.69, 9.17) is 14.2 Å². The third-order valence-corrected chi connectivity index (χ3v) is 4.14. The molecule has 0 unspecified atom stereocenters. The molecule has 0 saturated heterocycles. The fraction of sp³-hybridized carbons (Fsp3) is 0.294. The van der Waals surface area contributed by atoms with Crippen LogP contribution in [0.3, 0.4) is 0 Å². The van der Waals surface area contributed by atoms with Crippen LogP contribution >= 0.6 is 11.3 Å². The van der Waals surface area contributed by atoms with E-state index >= 15 is 0 Å². The summed E-state index contributed by atoms with van der Waals surface area (Å²) in [5.74, 6) is 1.85. The van der Waals surface area contributed by atoms with Gasteiger partial charge in [0.1, 0.15) is 0 Å². The summed E-state index contributed by atoms with van der Waals surface area (Å²) in [6.45, 7) is 6.42. The Morgan fingerprint density at radius 1 is 1.13 bits per heavy atom. The van der Waals surface area contributed by atoms with Crippen LogP contribution in [0.25, 0.3) is 12.2 Å². The Morgan fingerprint density at radius 3 is 2.48 bits per heavy atom. The zero-order chi connectivity index (χ0) is 16.8. The van der Waals surface area contributed by atoms with Crippen molar-refractivity contribution in [3.05, 3.63) is 40.4 Å². The van der Waals surface area contributed by atoms with Gasteiger partial charge in [-0.1, -0.05) is 11.3 Å². The number of ether oxygens (including phenoxy) is 3. The van der Waals surface area contributed by atoms with Gasteiger partial charge in [-0.15, -0.1) is 0 Å². The molecule has 1 aromatic heterocycles. The fourth-order valence-electron chi connectivity index (χ4n) is 2.23. The molecule has 0 aliphatic carbocycles. The van der Waals surface area contributed by atoms with Crippen molar-refractivity contribution in [2.75, 3.05) is 21.3 Å². The molecule has 0 aliphatic rings. The summed E-state index contributed by atoms with van der Waals surface area (Å²) in [7, 11) is 4.81. The molecule has 6 heteroatoms. The number of allylic oxidation sites excluding steroid dienone is 1. The topological polar surface area (TPSA) is 44.5 Å². The molecule has 2 aromatic rings. The van der Waals surface area contributed by atoms with Crippen molar-refractivity contribution in [3.63, 3.8) is 0 Å². The van der Waals surface area contributed by atoms with Gasteiger partial charge in [0.05, 0.1) is 21.3 Å². The van der Waals surface area contributed by atoms with Gasteiger partial charge < -0.3 is 14.2 Å². The minimum atomic E-state index is 0.580. The van der Waals surface area contributed by atoms with Crippen LogP contribution in [0.15, 0.2) is 24.8 Å². The molecule has 0 atom stereocenters. The van der Waals surface area contributed by atoms with Crippen molar-refractivity contribution in [2.24, 2.45) is 0 Å². The normalized spacial score (nSPS) is 10.8. The standard InChI is InChI=1S/C17H21N2O3S/c1-6-11-19-15(23-12(2)18-19)10-8-13-7-9-14(20-3)17(22-5)16(13)21-4/h6-10H,1,11H2,2-5H3/q+1. The van der Waals surface area contributed by atoms with Crippen LogP contribution in [0.5, 0.6) is 17.2 Å². The molecule has 0 amide bonds. The lowest BCUT2D eigenvalue weighted by Gasteiger charge is -2.13. The van der Waals surface area contributed by atoms with Gasteiger partial charge >= 0.3 is 0 Å². The van der Waals surface area contributed by atoms with Crippen LogP contribution in [0.1, 0.15) is 15.6 Å². The zero-order valence-corrected chi connectivity index (χ0v) is 14.6. The minimum absolute atomic E-state index is 0.580. The molecule has 0 fully saturated rings. The molecular weight excluding hydrogens is 312 g/mol. The molecule has 122 valence electrons. The summed E-state index contributed by atoms with van der Waals surface area (Å²) in [5, 5.41) is 6.50. The van der Waals surface area contributed by atoms with E-state index in [9.17, 15) is 0 Å². The number of nitrogens with zero attached hydrogens (tertiary/aromatic N) is 2. The molecule has 1 heterocycles. The lowest BCUT2D eigenvalue weighted by molar-refractivity contribution is -0.741. The number of aromatic nitrogens is 2. The van der Waals surface area contributed by atoms with Crippen molar-refractivity contribution in [2.45, 2.75) is 13.5 Å². The molecule has 0 radical (unpaired) electrons. The highest BCUT2D eigenvalue weighted by atomic mass is 32.1. The van der Waals surface area contributed by atoms with Gasteiger partial charge in [-0.2, -0.15) is 0 Å². The highest BCUT2D eigenvalue weighted by Gasteiger charge is 2.16. The molecular formula is C17H21N2O3S+. The van der Waals surface area contributed by atoms with Gasteiger partial charge in [0.15, 0.2) is 23.1 Å². The second-order valence-corrected chi connectivity index (χ2v) is 5.90. The van der Waals surface area contributed by atoms with Gasteiger partial charge in [0.25, 0.3) is 5.01 Å². The maximum Gasteiger partial charge on any atom is 0.289 e. The van der Waals surface area contributed by atoms with Crippen LogP contribution in [0.4, 0.5) is 0 Å². The van der Waals surface area contributed by atoms with Crippen LogP contribution < -0.4 is 18.9 Å². The minimum Gasteiger partial charge on any atom is -0.493 e. The first-order chi connectivity index (χ1) is 11.1. The van der Waals surface area contributed by atoms with Crippen LogP contribution in [0, 0.1) is 6.92 Å². The van der Waals surface area contributed by atoms with Crippen molar-refractivity contribution in [1.29, 1.82) is 0 Å². The summed E-state index contributed by atoms with van der Waals surface area (Å²) in [4.78, 5) is 0. The number of rotatable bonds is 7. The largest absolute Gasteiger partial charge is 0.493 e. The third-order valence-electron chi connectivity index (χ3n) is 3.21. The highest BCUT2D eigenvalue weighted by Crippen LogP contribution is 2.40. The molecule has 5 nitrogen and oxygen atoms in total. The second-order valence-electron chi connectivity index (χ2n) is 4.69. The lowest BCUT2D eigenvalue weighted by Crippen LogP contribution is -2.37. The molecule has 2 rings (SSSR count). The average Bonchev–Trinajstić information content (AvgIpc) is 2.91. The van der Waals surface area contributed by atoms with Gasteiger partial charge in [-0.25, -0.2) is 0 Å². The number of benzene rings is 1. The van der Waals surface area contributed by atoms with Gasteiger partial charge in [0.2, 0.25) is 5.75 Å². The third kappa shape index (κ3) is 3.71. The van der Waals surface area contributed by atoms with Crippen molar-refractivity contribution >= 4 is 23.5 Å². The number of hydrogen-bond acceptors (Lipinski definition) is 5. The Morgan fingerprint density at radius 2 is 1.87 bits per heavy atom. The first kappa shape index (κ1) is 17.0. The maximum atomic E-state index is 5.49. The molecule has 0 N–H and O–H groups in total. The maximum absolute atomic E-state index is 5.49. The Labute approximate surface area is 140 Å². The van der Waals surface area contributed by atoms with Gasteiger partial charge in [0, 0.05) is 16.7 Å². The Balaban J connectivity index is 2.41. The quantitative estimate of drug-likeness (QED) is 0.577. The molecule has 1 aromatic carbocycles. The van der Waals surface area contributed by atoms with Crippen LogP contribution in [-0.4, -0.2) is 26.4 Å². The molecule has 0 saturated carbocycles. The smallest absolute Gasteiger partial charge is 0.289 e. The number of aryl methyl sites for hydroxylation is 1. The fourth-order valence-corrected chi connectivity index (χ4v) is 3.03. The zero-order valence-electron chi connectivity index (χ0n) is 13.8. The predicted molar refractivity (Wildman–Crippen MR) is 92.3 cm³/mol. The molecule has 23 heavy (non-hydrogen) atoms. The predicted octanol–water partition coefficient (Wildman–Crippen LogP) is 3.12.